The lowest BCUT2D eigenvalue weighted by Gasteiger charge is -2.34. The molecule has 6 nitrogen and oxygen atoms in total. The van der Waals surface area contributed by atoms with E-state index in [0.717, 1.165) is 80.0 Å². The summed E-state index contributed by atoms with van der Waals surface area (Å²) in [6.07, 6.45) is 4.29. The van der Waals surface area contributed by atoms with Crippen molar-refractivity contribution in [2.24, 2.45) is 0 Å². The van der Waals surface area contributed by atoms with E-state index in [-0.39, 0.29) is 5.91 Å². The van der Waals surface area contributed by atoms with Crippen molar-refractivity contribution >= 4 is 16.9 Å². The molecule has 1 aromatic carbocycles. The van der Waals surface area contributed by atoms with Gasteiger partial charge in [0.05, 0.1) is 5.69 Å². The summed E-state index contributed by atoms with van der Waals surface area (Å²) in [5.74, 6) is 0.645. The molecule has 3 aromatic rings. The number of hydrogen-bond acceptors (Lipinski definition) is 4. The Kier molecular flexibility index (Phi) is 4.66. The maximum atomic E-state index is 12.9. The van der Waals surface area contributed by atoms with E-state index in [1.165, 1.54) is 5.56 Å². The van der Waals surface area contributed by atoms with Crippen molar-refractivity contribution in [2.75, 3.05) is 32.7 Å². The first-order valence-electron chi connectivity index (χ1n) is 10.6. The van der Waals surface area contributed by atoms with Gasteiger partial charge in [0.1, 0.15) is 5.69 Å². The van der Waals surface area contributed by atoms with Gasteiger partial charge in [-0.2, -0.15) is 0 Å². The number of aryl methyl sites for hydroxylation is 1. The van der Waals surface area contributed by atoms with Crippen molar-refractivity contribution < 1.29 is 9.32 Å². The summed E-state index contributed by atoms with van der Waals surface area (Å²) in [7, 11) is 0. The number of fused-ring (bicyclic) bond motifs is 2. The number of hydrogen-bond donors (Lipinski definition) is 0. The summed E-state index contributed by atoms with van der Waals surface area (Å²) >= 11 is 0. The lowest BCUT2D eigenvalue weighted by molar-refractivity contribution is 0.0673. The summed E-state index contributed by atoms with van der Waals surface area (Å²) in [6, 6.07) is 8.13. The second-order valence-corrected chi connectivity index (χ2v) is 8.45. The number of aromatic nitrogens is 2. The molecule has 2 aliphatic heterocycles. The van der Waals surface area contributed by atoms with E-state index in [4.69, 9.17) is 4.52 Å². The largest absolute Gasteiger partial charge is 0.356 e. The third-order valence-electron chi connectivity index (χ3n) is 6.75. The van der Waals surface area contributed by atoms with Gasteiger partial charge in [0.15, 0.2) is 5.58 Å². The Morgan fingerprint density at radius 3 is 2.69 bits per heavy atom. The predicted molar refractivity (Wildman–Crippen MR) is 112 cm³/mol. The molecule has 29 heavy (non-hydrogen) atoms. The maximum absolute atomic E-state index is 12.9. The standard InChI is InChI=1S/C23H28N4O2/c1-16-15-27-14-13-26(23(28)22(27)17(16)2)12-11-25-9-7-18(8-10-25)21-19-5-3-4-6-20(19)29-24-21/h3-6,15,18H,7-14H2,1-2H3. The Balaban J connectivity index is 1.18. The van der Waals surface area contributed by atoms with Crippen LogP contribution in [0.15, 0.2) is 35.0 Å². The van der Waals surface area contributed by atoms with Crippen LogP contribution in [0.25, 0.3) is 11.0 Å². The molecular weight excluding hydrogens is 364 g/mol. The number of rotatable bonds is 4. The number of benzene rings is 1. The number of amides is 1. The monoisotopic (exact) mass is 392 g/mol. The van der Waals surface area contributed by atoms with Crippen LogP contribution < -0.4 is 0 Å². The van der Waals surface area contributed by atoms with Gasteiger partial charge in [0.25, 0.3) is 5.91 Å². The molecule has 0 bridgehead atoms. The van der Waals surface area contributed by atoms with Crippen LogP contribution in [0.4, 0.5) is 0 Å². The van der Waals surface area contributed by atoms with Crippen LogP contribution in [0, 0.1) is 13.8 Å². The number of likely N-dealkylation sites (tertiary alicyclic amines) is 1. The van der Waals surface area contributed by atoms with Crippen molar-refractivity contribution in [3.63, 3.8) is 0 Å². The highest BCUT2D eigenvalue weighted by Gasteiger charge is 2.29. The van der Waals surface area contributed by atoms with Crippen molar-refractivity contribution in [2.45, 2.75) is 39.2 Å². The Hall–Kier alpha value is -2.60. The molecule has 5 rings (SSSR count). The molecule has 0 aliphatic carbocycles. The molecule has 0 N–H and O–H groups in total. The smallest absolute Gasteiger partial charge is 0.270 e. The molecule has 0 atom stereocenters. The van der Waals surface area contributed by atoms with Gasteiger partial charge in [-0.1, -0.05) is 17.3 Å². The van der Waals surface area contributed by atoms with Gasteiger partial charge in [-0.15, -0.1) is 0 Å². The van der Waals surface area contributed by atoms with Crippen molar-refractivity contribution in [1.29, 1.82) is 0 Å². The highest BCUT2D eigenvalue weighted by atomic mass is 16.5. The minimum Gasteiger partial charge on any atom is -0.356 e. The predicted octanol–water partition coefficient (Wildman–Crippen LogP) is 3.58. The SMILES string of the molecule is Cc1cn2c(c1C)C(=O)N(CCN1CCC(c3noc4ccccc34)CC1)CC2. The number of carbonyl (C=O) groups is 1. The molecular formula is C23H28N4O2. The Morgan fingerprint density at radius 2 is 1.86 bits per heavy atom. The Morgan fingerprint density at radius 1 is 1.07 bits per heavy atom. The van der Waals surface area contributed by atoms with Crippen LogP contribution in [0.2, 0.25) is 0 Å². The Bertz CT molecular complexity index is 1040. The zero-order valence-corrected chi connectivity index (χ0v) is 17.2. The second kappa shape index (κ2) is 7.34. The molecule has 1 amide bonds. The molecule has 0 radical (unpaired) electrons. The lowest BCUT2D eigenvalue weighted by Crippen LogP contribution is -2.45. The van der Waals surface area contributed by atoms with Gasteiger partial charge in [-0.25, -0.2) is 0 Å². The van der Waals surface area contributed by atoms with Crippen LogP contribution in [-0.2, 0) is 6.54 Å². The van der Waals surface area contributed by atoms with Crippen LogP contribution in [0.5, 0.6) is 0 Å². The first-order valence-corrected chi connectivity index (χ1v) is 10.6. The quantitative estimate of drug-likeness (QED) is 0.681. The molecule has 152 valence electrons. The molecule has 0 spiro atoms. The number of para-hydroxylation sites is 1. The fourth-order valence-electron chi connectivity index (χ4n) is 4.84. The maximum Gasteiger partial charge on any atom is 0.270 e. The average Bonchev–Trinajstić information content (AvgIpc) is 3.29. The topological polar surface area (TPSA) is 54.5 Å². The fourth-order valence-corrected chi connectivity index (χ4v) is 4.84. The zero-order valence-electron chi connectivity index (χ0n) is 17.2. The fraction of sp³-hybridized carbons (Fsp3) is 0.478. The molecule has 2 aliphatic rings. The summed E-state index contributed by atoms with van der Waals surface area (Å²) in [6.45, 7) is 9.68. The normalized spacial score (nSPS) is 18.6. The molecule has 1 saturated heterocycles. The molecule has 1 fully saturated rings. The first-order chi connectivity index (χ1) is 14.1. The van der Waals surface area contributed by atoms with Gasteiger partial charge >= 0.3 is 0 Å². The first kappa shape index (κ1) is 18.4. The van der Waals surface area contributed by atoms with Crippen molar-refractivity contribution in [1.82, 2.24) is 19.5 Å². The second-order valence-electron chi connectivity index (χ2n) is 8.45. The number of piperidine rings is 1. The van der Waals surface area contributed by atoms with Crippen LogP contribution in [0.3, 0.4) is 0 Å². The van der Waals surface area contributed by atoms with E-state index >= 15 is 0 Å². The lowest BCUT2D eigenvalue weighted by atomic mass is 9.91. The molecule has 4 heterocycles. The van der Waals surface area contributed by atoms with Crippen LogP contribution >= 0.6 is 0 Å². The summed E-state index contributed by atoms with van der Waals surface area (Å²) in [5.41, 5.74) is 5.20. The summed E-state index contributed by atoms with van der Waals surface area (Å²) in [4.78, 5) is 17.4. The molecule has 2 aromatic heterocycles. The van der Waals surface area contributed by atoms with Gasteiger partial charge in [0.2, 0.25) is 0 Å². The van der Waals surface area contributed by atoms with Gasteiger partial charge in [0, 0.05) is 43.7 Å². The highest BCUT2D eigenvalue weighted by Crippen LogP contribution is 2.32. The van der Waals surface area contributed by atoms with Gasteiger partial charge in [-0.3, -0.25) is 4.79 Å². The van der Waals surface area contributed by atoms with Crippen molar-refractivity contribution in [3.05, 3.63) is 53.0 Å². The molecule has 0 saturated carbocycles. The van der Waals surface area contributed by atoms with E-state index in [0.29, 0.717) is 5.92 Å². The zero-order chi connectivity index (χ0) is 20.0. The van der Waals surface area contributed by atoms with E-state index in [2.05, 4.69) is 40.7 Å². The van der Waals surface area contributed by atoms with Crippen LogP contribution in [0.1, 0.15) is 46.1 Å². The van der Waals surface area contributed by atoms with Gasteiger partial charge < -0.3 is 18.9 Å². The number of carbonyl (C=O) groups excluding carboxylic acids is 1. The summed E-state index contributed by atoms with van der Waals surface area (Å²) < 4.78 is 7.62. The third kappa shape index (κ3) is 3.25. The molecule has 0 unspecified atom stereocenters. The minimum atomic E-state index is 0.186. The highest BCUT2D eigenvalue weighted by molar-refractivity contribution is 5.95. The van der Waals surface area contributed by atoms with Crippen molar-refractivity contribution in [3.8, 4) is 0 Å². The third-order valence-corrected chi connectivity index (χ3v) is 6.75. The molecule has 6 heteroatoms. The van der Waals surface area contributed by atoms with E-state index in [9.17, 15) is 4.79 Å². The van der Waals surface area contributed by atoms with E-state index < -0.39 is 0 Å². The summed E-state index contributed by atoms with van der Waals surface area (Å²) in [5, 5.41) is 5.51. The average molecular weight is 393 g/mol. The number of nitrogens with zero attached hydrogens (tertiary/aromatic N) is 4. The minimum absolute atomic E-state index is 0.186. The van der Waals surface area contributed by atoms with E-state index in [1.54, 1.807) is 0 Å². The van der Waals surface area contributed by atoms with E-state index in [1.807, 2.05) is 23.1 Å². The van der Waals surface area contributed by atoms with Gasteiger partial charge in [-0.05, 0) is 63.0 Å². The van der Waals surface area contributed by atoms with Crippen LogP contribution in [-0.4, -0.2) is 58.2 Å². The Labute approximate surface area is 171 Å².